The van der Waals surface area contributed by atoms with Crippen molar-refractivity contribution in [3.05, 3.63) is 64.9 Å². The Labute approximate surface area is 136 Å². The normalized spacial score (nSPS) is 19.8. The third-order valence-electron chi connectivity index (χ3n) is 4.63. The van der Waals surface area contributed by atoms with Gasteiger partial charge in [0.1, 0.15) is 10.8 Å². The summed E-state index contributed by atoms with van der Waals surface area (Å²) in [6, 6.07) is 15.3. The van der Waals surface area contributed by atoms with Crippen molar-refractivity contribution in [1.29, 1.82) is 0 Å². The summed E-state index contributed by atoms with van der Waals surface area (Å²) in [6.45, 7) is 1.97. The Morgan fingerprint density at radius 3 is 2.41 bits per heavy atom. The Morgan fingerprint density at radius 2 is 1.77 bits per heavy atom. The van der Waals surface area contributed by atoms with Crippen molar-refractivity contribution in [1.82, 2.24) is 9.88 Å². The first kappa shape index (κ1) is 15.5. The molecule has 22 heavy (non-hydrogen) atoms. The zero-order valence-corrected chi connectivity index (χ0v) is 13.5. The van der Waals surface area contributed by atoms with Crippen LogP contribution in [0.1, 0.15) is 24.1 Å². The van der Waals surface area contributed by atoms with Crippen molar-refractivity contribution in [3.63, 3.8) is 0 Å². The SMILES string of the molecule is CN1CCC(C(O)(c2ccccc2)c2cccc(Cl)n2)CC1. The molecule has 1 fully saturated rings. The van der Waals surface area contributed by atoms with Crippen LogP contribution in [0.3, 0.4) is 0 Å². The molecule has 2 heterocycles. The third-order valence-corrected chi connectivity index (χ3v) is 4.84. The average molecular weight is 317 g/mol. The average Bonchev–Trinajstić information content (AvgIpc) is 2.55. The molecule has 3 nitrogen and oxygen atoms in total. The maximum absolute atomic E-state index is 11.6. The van der Waals surface area contributed by atoms with Crippen molar-refractivity contribution in [3.8, 4) is 0 Å². The molecular weight excluding hydrogens is 296 g/mol. The number of aliphatic hydroxyl groups is 1. The zero-order chi connectivity index (χ0) is 15.6. The van der Waals surface area contributed by atoms with Crippen LogP contribution in [0.2, 0.25) is 5.15 Å². The van der Waals surface area contributed by atoms with Gasteiger partial charge in [-0.2, -0.15) is 0 Å². The van der Waals surface area contributed by atoms with Gasteiger partial charge in [-0.3, -0.25) is 0 Å². The second kappa shape index (κ2) is 6.37. The first-order valence-corrected chi connectivity index (χ1v) is 8.08. The lowest BCUT2D eigenvalue weighted by molar-refractivity contribution is -0.0143. The summed E-state index contributed by atoms with van der Waals surface area (Å²) in [6.07, 6.45) is 1.88. The number of halogens is 1. The molecule has 1 aromatic heterocycles. The molecule has 1 N–H and O–H groups in total. The second-order valence-electron chi connectivity index (χ2n) is 6.06. The lowest BCUT2D eigenvalue weighted by Crippen LogP contribution is -2.43. The summed E-state index contributed by atoms with van der Waals surface area (Å²) in [5.41, 5.74) is 0.438. The molecule has 2 aromatic rings. The summed E-state index contributed by atoms with van der Waals surface area (Å²) in [5, 5.41) is 12.1. The maximum Gasteiger partial charge on any atom is 0.134 e. The molecule has 4 heteroatoms. The number of hydrogen-bond acceptors (Lipinski definition) is 3. The number of rotatable bonds is 3. The first-order valence-electron chi connectivity index (χ1n) is 7.70. The van der Waals surface area contributed by atoms with E-state index < -0.39 is 5.60 Å². The fourth-order valence-corrected chi connectivity index (χ4v) is 3.50. The highest BCUT2D eigenvalue weighted by molar-refractivity contribution is 6.29. The van der Waals surface area contributed by atoms with Gasteiger partial charge in [-0.05, 0) is 50.7 Å². The fourth-order valence-electron chi connectivity index (χ4n) is 3.33. The molecule has 1 aliphatic rings. The summed E-state index contributed by atoms with van der Waals surface area (Å²) in [5.74, 6) is 0.136. The van der Waals surface area contributed by atoms with E-state index >= 15 is 0 Å². The molecule has 116 valence electrons. The quantitative estimate of drug-likeness (QED) is 0.883. The van der Waals surface area contributed by atoms with E-state index in [-0.39, 0.29) is 5.92 Å². The minimum absolute atomic E-state index is 0.136. The van der Waals surface area contributed by atoms with Crippen molar-refractivity contribution in [2.45, 2.75) is 18.4 Å². The second-order valence-corrected chi connectivity index (χ2v) is 6.44. The van der Waals surface area contributed by atoms with Crippen LogP contribution in [0.25, 0.3) is 0 Å². The maximum atomic E-state index is 11.6. The predicted molar refractivity (Wildman–Crippen MR) is 88.9 cm³/mol. The van der Waals surface area contributed by atoms with Crippen molar-refractivity contribution in [2.24, 2.45) is 5.92 Å². The third kappa shape index (κ3) is 2.89. The highest BCUT2D eigenvalue weighted by atomic mass is 35.5. The van der Waals surface area contributed by atoms with Gasteiger partial charge in [0, 0.05) is 5.92 Å². The summed E-state index contributed by atoms with van der Waals surface area (Å²) in [7, 11) is 2.12. The zero-order valence-electron chi connectivity index (χ0n) is 12.7. The molecule has 1 saturated heterocycles. The molecule has 1 unspecified atom stereocenters. The Hall–Kier alpha value is -1.42. The lowest BCUT2D eigenvalue weighted by Gasteiger charge is -2.40. The van der Waals surface area contributed by atoms with Crippen LogP contribution in [0.5, 0.6) is 0 Å². The molecule has 0 saturated carbocycles. The van der Waals surface area contributed by atoms with Crippen molar-refractivity contribution in [2.75, 3.05) is 20.1 Å². The number of likely N-dealkylation sites (tertiary alicyclic amines) is 1. The van der Waals surface area contributed by atoms with E-state index in [1.54, 1.807) is 6.07 Å². The van der Waals surface area contributed by atoms with Crippen LogP contribution in [-0.2, 0) is 5.60 Å². The van der Waals surface area contributed by atoms with E-state index in [9.17, 15) is 5.11 Å². The highest BCUT2D eigenvalue weighted by Crippen LogP contribution is 2.41. The molecule has 3 rings (SSSR count). The van der Waals surface area contributed by atoms with E-state index in [0.29, 0.717) is 10.8 Å². The molecule has 1 aliphatic heterocycles. The van der Waals surface area contributed by atoms with Gasteiger partial charge >= 0.3 is 0 Å². The van der Waals surface area contributed by atoms with E-state index in [2.05, 4.69) is 16.9 Å². The van der Waals surface area contributed by atoms with Gasteiger partial charge in [-0.15, -0.1) is 0 Å². The minimum Gasteiger partial charge on any atom is -0.378 e. The van der Waals surface area contributed by atoms with Gasteiger partial charge in [-0.25, -0.2) is 4.98 Å². The van der Waals surface area contributed by atoms with Crippen LogP contribution in [0, 0.1) is 5.92 Å². The van der Waals surface area contributed by atoms with E-state index in [1.165, 1.54) is 0 Å². The van der Waals surface area contributed by atoms with Gasteiger partial charge in [0.05, 0.1) is 5.69 Å². The molecule has 0 bridgehead atoms. The summed E-state index contributed by atoms with van der Waals surface area (Å²) < 4.78 is 0. The van der Waals surface area contributed by atoms with Crippen LogP contribution in [0.15, 0.2) is 48.5 Å². The van der Waals surface area contributed by atoms with Crippen molar-refractivity contribution < 1.29 is 5.11 Å². The summed E-state index contributed by atoms with van der Waals surface area (Å²) >= 11 is 6.07. The van der Waals surface area contributed by atoms with Crippen molar-refractivity contribution >= 4 is 11.6 Å². The largest absolute Gasteiger partial charge is 0.378 e. The Kier molecular flexibility index (Phi) is 4.48. The first-order chi connectivity index (χ1) is 10.6. The predicted octanol–water partition coefficient (Wildman–Crippen LogP) is 3.31. The van der Waals surface area contributed by atoms with Gasteiger partial charge < -0.3 is 10.0 Å². The Morgan fingerprint density at radius 1 is 1.09 bits per heavy atom. The van der Waals surface area contributed by atoms with Gasteiger partial charge in [0.15, 0.2) is 0 Å². The van der Waals surface area contributed by atoms with Gasteiger partial charge in [0.25, 0.3) is 0 Å². The van der Waals surface area contributed by atoms with E-state index in [1.807, 2.05) is 42.5 Å². The number of piperidine rings is 1. The Balaban J connectivity index is 2.06. The molecule has 0 aliphatic carbocycles. The molecular formula is C18H21ClN2O. The number of aromatic nitrogens is 1. The Bertz CT molecular complexity index is 626. The molecule has 1 atom stereocenters. The number of benzene rings is 1. The molecule has 0 spiro atoms. The lowest BCUT2D eigenvalue weighted by atomic mass is 9.74. The number of nitrogens with zero attached hydrogens (tertiary/aromatic N) is 2. The van der Waals surface area contributed by atoms with E-state index in [0.717, 1.165) is 31.5 Å². The van der Waals surface area contributed by atoms with Crippen LogP contribution >= 0.6 is 11.6 Å². The van der Waals surface area contributed by atoms with Gasteiger partial charge in [0.2, 0.25) is 0 Å². The van der Waals surface area contributed by atoms with E-state index in [4.69, 9.17) is 11.6 Å². The summed E-state index contributed by atoms with van der Waals surface area (Å²) in [4.78, 5) is 6.72. The van der Waals surface area contributed by atoms with Crippen LogP contribution < -0.4 is 0 Å². The monoisotopic (exact) mass is 316 g/mol. The minimum atomic E-state index is -1.09. The standard InChI is InChI=1S/C18H21ClN2O/c1-21-12-10-15(11-13-21)18(22,14-6-3-2-4-7-14)16-8-5-9-17(19)20-16/h2-9,15,22H,10-13H2,1H3. The molecule has 0 radical (unpaired) electrons. The molecule has 0 amide bonds. The fraction of sp³-hybridized carbons (Fsp3) is 0.389. The topological polar surface area (TPSA) is 36.4 Å². The number of pyridine rings is 1. The smallest absolute Gasteiger partial charge is 0.134 e. The van der Waals surface area contributed by atoms with Gasteiger partial charge in [-0.1, -0.05) is 48.0 Å². The molecule has 1 aromatic carbocycles. The van der Waals surface area contributed by atoms with Crippen LogP contribution in [-0.4, -0.2) is 35.1 Å². The van der Waals surface area contributed by atoms with Crippen LogP contribution in [0.4, 0.5) is 0 Å². The highest BCUT2D eigenvalue weighted by Gasteiger charge is 2.42. The number of hydrogen-bond donors (Lipinski definition) is 1.